The number of esters is 1. The minimum Gasteiger partial charge on any atom is -0.462 e. The highest BCUT2D eigenvalue weighted by Crippen LogP contribution is 2.53. The number of nitrogens with two attached hydrogens (primary N) is 1. The third-order valence-electron chi connectivity index (χ3n) is 5.16. The van der Waals surface area contributed by atoms with Crippen LogP contribution in [0.15, 0.2) is 49.4 Å². The summed E-state index contributed by atoms with van der Waals surface area (Å²) in [6.07, 6.45) is 1.45. The third kappa shape index (κ3) is 2.84. The molecular formula is C21H19BrN2O6. The molecule has 1 atom stereocenters. The van der Waals surface area contributed by atoms with Crippen LogP contribution in [0.25, 0.3) is 0 Å². The number of halogens is 1. The molecule has 4 rings (SSSR count). The van der Waals surface area contributed by atoms with Crippen LogP contribution in [0.2, 0.25) is 0 Å². The zero-order valence-electron chi connectivity index (χ0n) is 16.3. The van der Waals surface area contributed by atoms with E-state index in [9.17, 15) is 14.4 Å². The Balaban J connectivity index is 2.05. The number of ether oxygens (including phenoxy) is 2. The van der Waals surface area contributed by atoms with E-state index in [1.54, 1.807) is 25.1 Å². The Morgan fingerprint density at radius 3 is 2.80 bits per heavy atom. The van der Waals surface area contributed by atoms with Gasteiger partial charge in [0, 0.05) is 21.8 Å². The van der Waals surface area contributed by atoms with Crippen LogP contribution >= 0.6 is 15.9 Å². The molecule has 3 N–H and O–H groups in total. The molecule has 1 unspecified atom stereocenters. The maximum Gasteiger partial charge on any atom is 0.344 e. The number of benzene rings is 1. The minimum atomic E-state index is -1.85. The van der Waals surface area contributed by atoms with Crippen LogP contribution in [-0.2, 0) is 19.7 Å². The summed E-state index contributed by atoms with van der Waals surface area (Å²) in [7, 11) is 0. The van der Waals surface area contributed by atoms with Crippen molar-refractivity contribution >= 4 is 33.5 Å². The lowest BCUT2D eigenvalue weighted by atomic mass is 9.69. The van der Waals surface area contributed by atoms with Gasteiger partial charge < -0.3 is 24.9 Å². The Labute approximate surface area is 180 Å². The molecule has 1 aromatic carbocycles. The van der Waals surface area contributed by atoms with Gasteiger partial charge in [-0.2, -0.15) is 0 Å². The summed E-state index contributed by atoms with van der Waals surface area (Å²) in [5, 5.41) is 2.75. The van der Waals surface area contributed by atoms with Crippen molar-refractivity contribution in [2.75, 3.05) is 11.9 Å². The van der Waals surface area contributed by atoms with Crippen molar-refractivity contribution in [3.8, 4) is 5.75 Å². The number of anilines is 1. The number of aryl methyl sites for hydroxylation is 1. The molecule has 0 saturated carbocycles. The lowest BCUT2D eigenvalue weighted by Gasteiger charge is -2.34. The topological polar surface area (TPSA) is 121 Å². The number of unbranched alkanes of at least 4 members (excludes halogenated alkanes) is 1. The Morgan fingerprint density at radius 2 is 2.07 bits per heavy atom. The SMILES string of the molecule is CCCCOC(=O)C1=C(N)Oc2cc(C)oc(=O)c2C12C(=O)Nc1ccc(Br)cc12. The van der Waals surface area contributed by atoms with E-state index in [1.807, 2.05) is 6.92 Å². The highest BCUT2D eigenvalue weighted by Gasteiger charge is 2.60. The van der Waals surface area contributed by atoms with E-state index >= 15 is 0 Å². The summed E-state index contributed by atoms with van der Waals surface area (Å²) >= 11 is 3.39. The van der Waals surface area contributed by atoms with E-state index in [0.717, 1.165) is 6.42 Å². The summed E-state index contributed by atoms with van der Waals surface area (Å²) < 4.78 is 16.9. The molecule has 1 amide bonds. The molecule has 156 valence electrons. The molecule has 2 aliphatic rings. The van der Waals surface area contributed by atoms with Crippen LogP contribution in [0.4, 0.5) is 5.69 Å². The first kappa shape index (κ1) is 20.2. The Kier molecular flexibility index (Phi) is 4.93. The van der Waals surface area contributed by atoms with Crippen LogP contribution in [0.3, 0.4) is 0 Å². The van der Waals surface area contributed by atoms with Crippen LogP contribution in [-0.4, -0.2) is 18.5 Å². The molecule has 30 heavy (non-hydrogen) atoms. The predicted octanol–water partition coefficient (Wildman–Crippen LogP) is 2.85. The molecule has 1 aromatic heterocycles. The van der Waals surface area contributed by atoms with E-state index in [2.05, 4.69) is 21.2 Å². The largest absolute Gasteiger partial charge is 0.462 e. The second-order valence-corrected chi connectivity index (χ2v) is 8.02. The van der Waals surface area contributed by atoms with Gasteiger partial charge in [-0.3, -0.25) is 4.79 Å². The van der Waals surface area contributed by atoms with E-state index in [1.165, 1.54) is 6.07 Å². The first-order valence-corrected chi connectivity index (χ1v) is 10.2. The standard InChI is InChI=1S/C21H19BrN2O6/c1-3-4-7-28-18(25)16-17(23)30-14-8-10(2)29-19(26)15(14)21(16)12-9-11(22)5-6-13(12)24-20(21)27/h5-6,8-9H,3-4,7,23H2,1-2H3,(H,24,27). The summed E-state index contributed by atoms with van der Waals surface area (Å²) in [6, 6.07) is 6.54. The van der Waals surface area contributed by atoms with Gasteiger partial charge in [-0.05, 0) is 31.5 Å². The molecule has 9 heteroatoms. The van der Waals surface area contributed by atoms with Crippen molar-refractivity contribution in [1.82, 2.24) is 0 Å². The average molecular weight is 475 g/mol. The normalized spacial score (nSPS) is 19.2. The van der Waals surface area contributed by atoms with Gasteiger partial charge in [0.2, 0.25) is 11.8 Å². The number of nitrogens with one attached hydrogen (secondary N) is 1. The number of amides is 1. The van der Waals surface area contributed by atoms with Crippen molar-refractivity contribution in [3.05, 3.63) is 67.5 Å². The summed E-state index contributed by atoms with van der Waals surface area (Å²) in [4.78, 5) is 39.5. The predicted molar refractivity (Wildman–Crippen MR) is 111 cm³/mol. The Bertz CT molecular complexity index is 1170. The van der Waals surface area contributed by atoms with Gasteiger partial charge in [0.25, 0.3) is 0 Å². The molecule has 3 heterocycles. The number of hydrogen-bond donors (Lipinski definition) is 2. The first-order chi connectivity index (χ1) is 14.3. The number of carbonyl (C=O) groups excluding carboxylic acids is 2. The Morgan fingerprint density at radius 1 is 1.30 bits per heavy atom. The van der Waals surface area contributed by atoms with Crippen molar-refractivity contribution < 1.29 is 23.5 Å². The molecule has 0 bridgehead atoms. The fraction of sp³-hybridized carbons (Fsp3) is 0.286. The zero-order valence-corrected chi connectivity index (χ0v) is 17.9. The second-order valence-electron chi connectivity index (χ2n) is 7.11. The highest BCUT2D eigenvalue weighted by molar-refractivity contribution is 9.10. The minimum absolute atomic E-state index is 0.0642. The lowest BCUT2D eigenvalue weighted by molar-refractivity contribution is -0.141. The zero-order chi connectivity index (χ0) is 21.6. The van der Waals surface area contributed by atoms with Gasteiger partial charge in [-0.25, -0.2) is 9.59 Å². The maximum absolute atomic E-state index is 13.4. The number of rotatable bonds is 4. The highest BCUT2D eigenvalue weighted by atomic mass is 79.9. The van der Waals surface area contributed by atoms with E-state index in [4.69, 9.17) is 19.6 Å². The quantitative estimate of drug-likeness (QED) is 0.515. The number of hydrogen-bond acceptors (Lipinski definition) is 7. The van der Waals surface area contributed by atoms with Gasteiger partial charge in [-0.1, -0.05) is 29.3 Å². The van der Waals surface area contributed by atoms with Crippen LogP contribution in [0, 0.1) is 6.92 Å². The maximum atomic E-state index is 13.4. The number of fused-ring (bicyclic) bond motifs is 4. The second kappa shape index (κ2) is 7.32. The summed E-state index contributed by atoms with van der Waals surface area (Å²) in [6.45, 7) is 3.67. The van der Waals surface area contributed by atoms with Gasteiger partial charge in [-0.15, -0.1) is 0 Å². The average Bonchev–Trinajstić information content (AvgIpc) is 2.93. The van der Waals surface area contributed by atoms with Crippen molar-refractivity contribution in [2.45, 2.75) is 32.1 Å². The van der Waals surface area contributed by atoms with Gasteiger partial charge in [0.15, 0.2) is 0 Å². The molecule has 0 fully saturated rings. The summed E-state index contributed by atoms with van der Waals surface area (Å²) in [5.41, 5.74) is 3.98. The molecule has 2 aliphatic heterocycles. The van der Waals surface area contributed by atoms with Crippen LogP contribution < -0.4 is 21.4 Å². The smallest absolute Gasteiger partial charge is 0.344 e. The molecule has 0 aliphatic carbocycles. The van der Waals surface area contributed by atoms with Gasteiger partial charge in [0.1, 0.15) is 28.1 Å². The molecule has 0 radical (unpaired) electrons. The van der Waals surface area contributed by atoms with Crippen molar-refractivity contribution in [3.63, 3.8) is 0 Å². The molecular weight excluding hydrogens is 456 g/mol. The lowest BCUT2D eigenvalue weighted by Crippen LogP contribution is -2.48. The fourth-order valence-electron chi connectivity index (χ4n) is 3.89. The molecule has 2 aromatic rings. The van der Waals surface area contributed by atoms with E-state index in [0.29, 0.717) is 22.1 Å². The van der Waals surface area contributed by atoms with Gasteiger partial charge in [0.05, 0.1) is 6.61 Å². The van der Waals surface area contributed by atoms with E-state index < -0.39 is 22.9 Å². The fourth-order valence-corrected chi connectivity index (χ4v) is 4.25. The first-order valence-electron chi connectivity index (χ1n) is 9.42. The third-order valence-corrected chi connectivity index (χ3v) is 5.66. The van der Waals surface area contributed by atoms with Crippen molar-refractivity contribution in [1.29, 1.82) is 0 Å². The number of carbonyl (C=O) groups is 2. The van der Waals surface area contributed by atoms with Crippen LogP contribution in [0.5, 0.6) is 5.75 Å². The molecule has 8 nitrogen and oxygen atoms in total. The summed E-state index contributed by atoms with van der Waals surface area (Å²) in [5.74, 6) is -1.38. The Hall–Kier alpha value is -3.07. The van der Waals surface area contributed by atoms with Crippen molar-refractivity contribution in [2.24, 2.45) is 5.73 Å². The monoisotopic (exact) mass is 474 g/mol. The molecule has 1 spiro atoms. The molecule has 0 saturated heterocycles. The van der Waals surface area contributed by atoms with Gasteiger partial charge >= 0.3 is 11.6 Å². The van der Waals surface area contributed by atoms with E-state index in [-0.39, 0.29) is 35.1 Å². The van der Waals surface area contributed by atoms with Crippen LogP contribution in [0.1, 0.15) is 36.7 Å².